The summed E-state index contributed by atoms with van der Waals surface area (Å²) in [5, 5.41) is 0. The van der Waals surface area contributed by atoms with Crippen molar-refractivity contribution in [2.24, 2.45) is 23.5 Å². The maximum atomic E-state index is 7.13. The summed E-state index contributed by atoms with van der Waals surface area (Å²) in [6.45, 7) is 2.45. The number of ether oxygens (including phenoxy) is 1. The molecule has 2 saturated heterocycles. The van der Waals surface area contributed by atoms with E-state index in [-0.39, 0.29) is 11.2 Å². The van der Waals surface area contributed by atoms with E-state index in [1.807, 2.05) is 0 Å². The molecular formula is C20H35NO. The maximum Gasteiger partial charge on any atom is 0.0733 e. The van der Waals surface area contributed by atoms with E-state index < -0.39 is 0 Å². The molecule has 0 aromatic heterocycles. The normalized spacial score (nSPS) is 47.7. The van der Waals surface area contributed by atoms with Crippen molar-refractivity contribution >= 4 is 0 Å². The highest BCUT2D eigenvalue weighted by molar-refractivity contribution is 5.11. The zero-order valence-electron chi connectivity index (χ0n) is 14.5. The Morgan fingerprint density at radius 1 is 0.818 bits per heavy atom. The number of hydrogen-bond acceptors (Lipinski definition) is 2. The second-order valence-corrected chi connectivity index (χ2v) is 9.03. The van der Waals surface area contributed by atoms with Crippen LogP contribution in [0.5, 0.6) is 0 Å². The topological polar surface area (TPSA) is 35.2 Å². The Bertz CT molecular complexity index is 381. The predicted octanol–water partition coefficient (Wildman–Crippen LogP) is 4.80. The van der Waals surface area contributed by atoms with E-state index in [4.69, 9.17) is 10.5 Å². The van der Waals surface area contributed by atoms with Crippen LogP contribution in [0, 0.1) is 17.8 Å². The summed E-state index contributed by atoms with van der Waals surface area (Å²) in [5.74, 6) is 2.17. The van der Waals surface area contributed by atoms with Gasteiger partial charge in [0.15, 0.2) is 0 Å². The average Bonchev–Trinajstić information content (AvgIpc) is 2.56. The molecule has 2 N–H and O–H groups in total. The Balaban J connectivity index is 1.61. The van der Waals surface area contributed by atoms with Crippen molar-refractivity contribution in [3.05, 3.63) is 0 Å². The molecule has 0 unspecified atom stereocenters. The smallest absolute Gasteiger partial charge is 0.0733 e. The van der Waals surface area contributed by atoms with E-state index in [9.17, 15) is 0 Å². The summed E-state index contributed by atoms with van der Waals surface area (Å²) in [5.41, 5.74) is 6.93. The summed E-state index contributed by atoms with van der Waals surface area (Å²) in [7, 11) is 0. The Labute approximate surface area is 136 Å². The van der Waals surface area contributed by atoms with Gasteiger partial charge >= 0.3 is 0 Å². The standard InChI is InChI=1S/C20H35NO/c1-19(15-8-4-2-5-9-15)17-12-13-20(22-19,14-18(17)21)16-10-6-3-7-11-16/h15-18H,2-14,21H2,1H3/t17-,18-,19-,20+/m1/s1. The molecule has 22 heavy (non-hydrogen) atoms. The molecule has 0 aromatic rings. The van der Waals surface area contributed by atoms with Gasteiger partial charge in [-0.1, -0.05) is 38.5 Å². The lowest BCUT2D eigenvalue weighted by Gasteiger charge is -2.64. The van der Waals surface area contributed by atoms with Gasteiger partial charge in [-0.3, -0.25) is 0 Å². The van der Waals surface area contributed by atoms with Gasteiger partial charge in [-0.2, -0.15) is 0 Å². The lowest BCUT2D eigenvalue weighted by molar-refractivity contribution is -0.294. The highest BCUT2D eigenvalue weighted by Crippen LogP contribution is 2.58. The summed E-state index contributed by atoms with van der Waals surface area (Å²) in [4.78, 5) is 0. The summed E-state index contributed by atoms with van der Waals surface area (Å²) in [6.07, 6.45) is 17.8. The van der Waals surface area contributed by atoms with Crippen LogP contribution >= 0.6 is 0 Å². The second-order valence-electron chi connectivity index (χ2n) is 9.03. The van der Waals surface area contributed by atoms with Crippen molar-refractivity contribution in [3.63, 3.8) is 0 Å². The van der Waals surface area contributed by atoms with E-state index in [0.29, 0.717) is 12.0 Å². The first kappa shape index (κ1) is 15.4. The molecule has 3 saturated carbocycles. The maximum absolute atomic E-state index is 7.13. The van der Waals surface area contributed by atoms with Gasteiger partial charge in [-0.05, 0) is 63.7 Å². The molecule has 0 radical (unpaired) electrons. The van der Waals surface area contributed by atoms with E-state index in [0.717, 1.165) is 18.3 Å². The van der Waals surface area contributed by atoms with Crippen LogP contribution in [0.25, 0.3) is 0 Å². The zero-order chi connectivity index (χ0) is 15.2. The summed E-state index contributed by atoms with van der Waals surface area (Å²) in [6, 6.07) is 0.386. The minimum atomic E-state index is 0.0772. The van der Waals surface area contributed by atoms with Crippen molar-refractivity contribution in [2.45, 2.75) is 108 Å². The zero-order valence-corrected chi connectivity index (χ0v) is 14.5. The second kappa shape index (κ2) is 5.77. The number of rotatable bonds is 2. The molecular weight excluding hydrogens is 270 g/mol. The highest BCUT2D eigenvalue weighted by atomic mass is 16.5. The van der Waals surface area contributed by atoms with Crippen LogP contribution in [0.15, 0.2) is 0 Å². The van der Waals surface area contributed by atoms with Gasteiger partial charge in [0.25, 0.3) is 0 Å². The predicted molar refractivity (Wildman–Crippen MR) is 90.7 cm³/mol. The lowest BCUT2D eigenvalue weighted by Crippen LogP contribution is -2.69. The van der Waals surface area contributed by atoms with Gasteiger partial charge in [0.2, 0.25) is 0 Å². The fourth-order valence-electron chi connectivity index (χ4n) is 6.72. The molecule has 5 aliphatic rings. The van der Waals surface area contributed by atoms with Crippen LogP contribution in [0.4, 0.5) is 0 Å². The van der Waals surface area contributed by atoms with Crippen LogP contribution in [0.1, 0.15) is 90.4 Å². The van der Waals surface area contributed by atoms with Crippen molar-refractivity contribution in [1.29, 1.82) is 0 Å². The first-order valence-corrected chi connectivity index (χ1v) is 10.1. The average molecular weight is 306 g/mol. The van der Waals surface area contributed by atoms with Crippen molar-refractivity contribution in [3.8, 4) is 0 Å². The Morgan fingerprint density at radius 2 is 1.41 bits per heavy atom. The minimum Gasteiger partial charge on any atom is -0.368 e. The number of fused-ring (bicyclic) bond motifs is 3. The van der Waals surface area contributed by atoms with E-state index in [1.54, 1.807) is 0 Å². The van der Waals surface area contributed by atoms with E-state index in [2.05, 4.69) is 6.92 Å². The minimum absolute atomic E-state index is 0.0772. The molecule has 2 heterocycles. The van der Waals surface area contributed by atoms with Crippen molar-refractivity contribution < 1.29 is 4.74 Å². The number of hydrogen-bond donors (Lipinski definition) is 1. The molecule has 0 spiro atoms. The van der Waals surface area contributed by atoms with Gasteiger partial charge in [0, 0.05) is 12.0 Å². The van der Waals surface area contributed by atoms with Crippen LogP contribution in [0.3, 0.4) is 0 Å². The van der Waals surface area contributed by atoms with Crippen molar-refractivity contribution in [1.82, 2.24) is 0 Å². The first-order valence-electron chi connectivity index (χ1n) is 10.1. The molecule has 2 aliphatic heterocycles. The van der Waals surface area contributed by atoms with Crippen LogP contribution < -0.4 is 5.73 Å². The molecule has 2 heteroatoms. The summed E-state index contributed by atoms with van der Waals surface area (Å²) < 4.78 is 7.13. The third-order valence-corrected chi connectivity index (χ3v) is 7.90. The van der Waals surface area contributed by atoms with Crippen LogP contribution in [-0.4, -0.2) is 17.2 Å². The molecule has 2 nitrogen and oxygen atoms in total. The monoisotopic (exact) mass is 305 g/mol. The van der Waals surface area contributed by atoms with Gasteiger partial charge < -0.3 is 10.5 Å². The molecule has 3 aliphatic carbocycles. The third kappa shape index (κ3) is 2.36. The fourth-order valence-corrected chi connectivity index (χ4v) is 6.72. The Kier molecular flexibility index (Phi) is 4.05. The summed E-state index contributed by atoms with van der Waals surface area (Å²) >= 11 is 0. The molecule has 4 atom stereocenters. The molecule has 2 bridgehead atoms. The van der Waals surface area contributed by atoms with Gasteiger partial charge in [-0.25, -0.2) is 0 Å². The highest BCUT2D eigenvalue weighted by Gasteiger charge is 2.60. The third-order valence-electron chi connectivity index (χ3n) is 7.90. The van der Waals surface area contributed by atoms with Gasteiger partial charge in [0.1, 0.15) is 0 Å². The molecule has 5 rings (SSSR count). The first-order chi connectivity index (χ1) is 10.6. The van der Waals surface area contributed by atoms with Gasteiger partial charge in [-0.15, -0.1) is 0 Å². The Morgan fingerprint density at radius 3 is 2.00 bits per heavy atom. The molecule has 0 aromatic carbocycles. The van der Waals surface area contributed by atoms with Crippen LogP contribution in [-0.2, 0) is 4.74 Å². The van der Waals surface area contributed by atoms with Gasteiger partial charge in [0.05, 0.1) is 11.2 Å². The fraction of sp³-hybridized carbons (Fsp3) is 1.00. The molecule has 5 fully saturated rings. The molecule has 126 valence electrons. The van der Waals surface area contributed by atoms with E-state index in [1.165, 1.54) is 77.0 Å². The van der Waals surface area contributed by atoms with E-state index >= 15 is 0 Å². The van der Waals surface area contributed by atoms with Crippen molar-refractivity contribution in [2.75, 3.05) is 0 Å². The largest absolute Gasteiger partial charge is 0.368 e. The van der Waals surface area contributed by atoms with Crippen LogP contribution in [0.2, 0.25) is 0 Å². The Hall–Kier alpha value is -0.0800. The number of nitrogens with two attached hydrogens (primary N) is 1. The quantitative estimate of drug-likeness (QED) is 0.795. The molecule has 0 amide bonds. The lowest BCUT2D eigenvalue weighted by atomic mass is 9.56. The SMILES string of the molecule is C[C@]1(C2CCCCC2)O[C@@]2(C3CCCCC3)CC[C@@H]1[C@H](N)C2.